The maximum absolute atomic E-state index is 12.3. The van der Waals surface area contributed by atoms with Crippen molar-refractivity contribution in [2.45, 2.75) is 51.3 Å². The van der Waals surface area contributed by atoms with Crippen molar-refractivity contribution in [1.82, 2.24) is 9.69 Å². The first-order valence-electron chi connectivity index (χ1n) is 7.28. The maximum Gasteiger partial charge on any atom is 0.258 e. The summed E-state index contributed by atoms with van der Waals surface area (Å²) in [5.74, 6) is 0.188. The Balaban J connectivity index is 1.73. The molecule has 1 aromatic rings. The molecule has 1 aromatic heterocycles. The Morgan fingerprint density at radius 2 is 2.19 bits per heavy atom. The highest BCUT2D eigenvalue weighted by Gasteiger charge is 2.49. The summed E-state index contributed by atoms with van der Waals surface area (Å²) >= 11 is 1.25. The lowest BCUT2D eigenvalue weighted by atomic mass is 9.64. The maximum atomic E-state index is 12.3. The van der Waals surface area contributed by atoms with Crippen LogP contribution in [0.1, 0.15) is 43.5 Å². The van der Waals surface area contributed by atoms with Gasteiger partial charge in [0.2, 0.25) is 0 Å². The van der Waals surface area contributed by atoms with Gasteiger partial charge in [-0.1, -0.05) is 13.8 Å². The molecule has 2 aliphatic rings. The van der Waals surface area contributed by atoms with Crippen molar-refractivity contribution in [3.63, 3.8) is 0 Å². The van der Waals surface area contributed by atoms with Gasteiger partial charge in [-0.3, -0.25) is 4.79 Å². The molecule has 21 heavy (non-hydrogen) atoms. The third-order valence-corrected chi connectivity index (χ3v) is 5.42. The summed E-state index contributed by atoms with van der Waals surface area (Å²) < 4.78 is 9.59. The number of aromatic nitrogens is 1. The minimum Gasteiger partial charge on any atom is -0.382 e. The number of anilines is 2. The summed E-state index contributed by atoms with van der Waals surface area (Å²) in [5, 5.41) is 7.16. The Morgan fingerprint density at radius 1 is 1.48 bits per heavy atom. The minimum atomic E-state index is -0.119. The standard InChI is InChI=1S/C14H22N4O2S/c1-14(2)8(6-9(14)20-3)17-13-10(11(15)18-21-13)12(19)16-7-4-5-7/h7-9,17H,4-6H2,1-3H3,(H2,15,18)(H,16,19). The third-order valence-electron chi connectivity index (χ3n) is 4.63. The molecular formula is C14H22N4O2S. The average molecular weight is 310 g/mol. The zero-order valence-electron chi connectivity index (χ0n) is 12.6. The predicted molar refractivity (Wildman–Crippen MR) is 83.6 cm³/mol. The molecular weight excluding hydrogens is 288 g/mol. The Labute approximate surface area is 128 Å². The van der Waals surface area contributed by atoms with Crippen LogP contribution in [-0.4, -0.2) is 35.6 Å². The van der Waals surface area contributed by atoms with E-state index in [0.717, 1.165) is 24.3 Å². The number of ether oxygens (including phenoxy) is 1. The van der Waals surface area contributed by atoms with Gasteiger partial charge in [-0.2, -0.15) is 4.37 Å². The van der Waals surface area contributed by atoms with Crippen LogP contribution in [-0.2, 0) is 4.74 Å². The van der Waals surface area contributed by atoms with Gasteiger partial charge in [0.15, 0.2) is 5.82 Å². The number of nitrogen functional groups attached to an aromatic ring is 1. The molecule has 116 valence electrons. The summed E-state index contributed by atoms with van der Waals surface area (Å²) in [4.78, 5) is 12.3. The zero-order valence-corrected chi connectivity index (χ0v) is 13.4. The van der Waals surface area contributed by atoms with Gasteiger partial charge in [-0.15, -0.1) is 0 Å². The SMILES string of the molecule is COC1CC(Nc2snc(N)c2C(=O)NC2CC2)C1(C)C. The Bertz CT molecular complexity index is 553. The molecule has 0 bridgehead atoms. The quantitative estimate of drug-likeness (QED) is 0.772. The van der Waals surface area contributed by atoms with Gasteiger partial charge in [-0.25, -0.2) is 0 Å². The highest BCUT2D eigenvalue weighted by Crippen LogP contribution is 2.45. The van der Waals surface area contributed by atoms with Crippen molar-refractivity contribution in [2.24, 2.45) is 5.41 Å². The molecule has 7 heteroatoms. The van der Waals surface area contributed by atoms with E-state index in [1.807, 2.05) is 0 Å². The minimum absolute atomic E-state index is 0.0255. The van der Waals surface area contributed by atoms with Crippen molar-refractivity contribution >= 4 is 28.3 Å². The van der Waals surface area contributed by atoms with Crippen molar-refractivity contribution in [3.8, 4) is 0 Å². The molecule has 1 heterocycles. The lowest BCUT2D eigenvalue weighted by molar-refractivity contribution is -0.0793. The molecule has 3 rings (SSSR count). The Morgan fingerprint density at radius 3 is 2.76 bits per heavy atom. The molecule has 1 amide bonds. The second-order valence-electron chi connectivity index (χ2n) is 6.50. The monoisotopic (exact) mass is 310 g/mol. The molecule has 6 nitrogen and oxygen atoms in total. The van der Waals surface area contributed by atoms with E-state index < -0.39 is 0 Å². The smallest absolute Gasteiger partial charge is 0.258 e. The van der Waals surface area contributed by atoms with Crippen LogP contribution < -0.4 is 16.4 Å². The molecule has 2 unspecified atom stereocenters. The van der Waals surface area contributed by atoms with Crippen LogP contribution in [0, 0.1) is 5.41 Å². The highest BCUT2D eigenvalue weighted by atomic mass is 32.1. The molecule has 2 aliphatic carbocycles. The number of amides is 1. The number of methoxy groups -OCH3 is 1. The van der Waals surface area contributed by atoms with E-state index in [2.05, 4.69) is 28.9 Å². The molecule has 2 fully saturated rings. The lowest BCUT2D eigenvalue weighted by Crippen LogP contribution is -2.57. The summed E-state index contributed by atoms with van der Waals surface area (Å²) in [6.07, 6.45) is 3.27. The number of nitrogens with zero attached hydrogens (tertiary/aromatic N) is 1. The number of carbonyl (C=O) groups excluding carboxylic acids is 1. The number of carbonyl (C=O) groups is 1. The summed E-state index contributed by atoms with van der Waals surface area (Å²) in [7, 11) is 1.74. The zero-order chi connectivity index (χ0) is 15.2. The molecule has 0 radical (unpaired) electrons. The molecule has 2 saturated carbocycles. The van der Waals surface area contributed by atoms with Crippen molar-refractivity contribution in [2.75, 3.05) is 18.2 Å². The number of hydrogen-bond donors (Lipinski definition) is 3. The molecule has 0 spiro atoms. The second kappa shape index (κ2) is 5.14. The van der Waals surface area contributed by atoms with Gasteiger partial charge >= 0.3 is 0 Å². The van der Waals surface area contributed by atoms with Crippen LogP contribution in [0.25, 0.3) is 0 Å². The van der Waals surface area contributed by atoms with Crippen LogP contribution >= 0.6 is 11.5 Å². The van der Waals surface area contributed by atoms with E-state index in [1.54, 1.807) is 7.11 Å². The fourth-order valence-corrected chi connectivity index (χ4v) is 3.56. The summed E-state index contributed by atoms with van der Waals surface area (Å²) in [5.41, 5.74) is 6.38. The number of nitrogens with one attached hydrogen (secondary N) is 2. The van der Waals surface area contributed by atoms with Crippen molar-refractivity contribution in [3.05, 3.63) is 5.56 Å². The van der Waals surface area contributed by atoms with E-state index >= 15 is 0 Å². The first-order valence-corrected chi connectivity index (χ1v) is 8.06. The Hall–Kier alpha value is -1.34. The second-order valence-corrected chi connectivity index (χ2v) is 7.27. The van der Waals surface area contributed by atoms with Crippen LogP contribution in [0.4, 0.5) is 10.8 Å². The number of hydrogen-bond acceptors (Lipinski definition) is 6. The van der Waals surface area contributed by atoms with Gasteiger partial charge < -0.3 is 21.1 Å². The predicted octanol–water partition coefficient (Wildman–Crippen LogP) is 1.84. The van der Waals surface area contributed by atoms with E-state index in [1.165, 1.54) is 11.5 Å². The van der Waals surface area contributed by atoms with Crippen molar-refractivity contribution in [1.29, 1.82) is 0 Å². The first-order chi connectivity index (χ1) is 9.93. The number of nitrogens with two attached hydrogens (primary N) is 1. The average Bonchev–Trinajstić information content (AvgIpc) is 3.16. The van der Waals surface area contributed by atoms with Gasteiger partial charge in [0, 0.05) is 24.6 Å². The van der Waals surface area contributed by atoms with E-state index in [-0.39, 0.29) is 23.5 Å². The van der Waals surface area contributed by atoms with E-state index in [9.17, 15) is 4.79 Å². The van der Waals surface area contributed by atoms with Crippen LogP contribution in [0.3, 0.4) is 0 Å². The first kappa shape index (κ1) is 14.6. The molecule has 2 atom stereocenters. The van der Waals surface area contributed by atoms with Gasteiger partial charge in [0.05, 0.1) is 6.10 Å². The van der Waals surface area contributed by atoms with Gasteiger partial charge in [-0.05, 0) is 30.8 Å². The fourth-order valence-electron chi connectivity index (χ4n) is 2.79. The van der Waals surface area contributed by atoms with Crippen LogP contribution in [0.15, 0.2) is 0 Å². The van der Waals surface area contributed by atoms with Crippen LogP contribution in [0.5, 0.6) is 0 Å². The van der Waals surface area contributed by atoms with Crippen LogP contribution in [0.2, 0.25) is 0 Å². The largest absolute Gasteiger partial charge is 0.382 e. The van der Waals surface area contributed by atoms with Gasteiger partial charge in [0.1, 0.15) is 10.6 Å². The normalized spacial score (nSPS) is 27.0. The third kappa shape index (κ3) is 2.60. The topological polar surface area (TPSA) is 89.3 Å². The number of rotatable bonds is 5. The molecule has 0 saturated heterocycles. The molecule has 0 aliphatic heterocycles. The fraction of sp³-hybridized carbons (Fsp3) is 0.714. The summed E-state index contributed by atoms with van der Waals surface area (Å²) in [6, 6.07) is 0.567. The van der Waals surface area contributed by atoms with E-state index in [0.29, 0.717) is 17.4 Å². The summed E-state index contributed by atoms with van der Waals surface area (Å²) in [6.45, 7) is 4.33. The van der Waals surface area contributed by atoms with E-state index in [4.69, 9.17) is 10.5 Å². The Kier molecular flexibility index (Phi) is 3.57. The molecule has 0 aromatic carbocycles. The van der Waals surface area contributed by atoms with Crippen molar-refractivity contribution < 1.29 is 9.53 Å². The lowest BCUT2D eigenvalue weighted by Gasteiger charge is -2.51. The van der Waals surface area contributed by atoms with Gasteiger partial charge in [0.25, 0.3) is 5.91 Å². The molecule has 4 N–H and O–H groups in total. The highest BCUT2D eigenvalue weighted by molar-refractivity contribution is 7.11.